The van der Waals surface area contributed by atoms with E-state index in [1.807, 2.05) is 30.3 Å². The Hall–Kier alpha value is -4.27. The second-order valence-electron chi connectivity index (χ2n) is 7.42. The van der Waals surface area contributed by atoms with Crippen molar-refractivity contribution in [2.24, 2.45) is 0 Å². The van der Waals surface area contributed by atoms with Crippen molar-refractivity contribution in [1.29, 1.82) is 0 Å². The fourth-order valence-electron chi connectivity index (χ4n) is 3.67. The second-order valence-corrected chi connectivity index (χ2v) is 7.42. The molecule has 33 heavy (non-hydrogen) atoms. The molecular weight excluding hydrogens is 421 g/mol. The number of halogens is 1. The summed E-state index contributed by atoms with van der Waals surface area (Å²) in [6.45, 7) is 4.82. The number of hydrogen-bond donors (Lipinski definition) is 2. The predicted molar refractivity (Wildman–Crippen MR) is 127 cm³/mol. The molecule has 2 heterocycles. The average Bonchev–Trinajstić information content (AvgIpc) is 3.22. The van der Waals surface area contributed by atoms with Crippen LogP contribution in [0, 0.1) is 5.82 Å². The molecule has 0 spiro atoms. The van der Waals surface area contributed by atoms with Crippen LogP contribution in [0.15, 0.2) is 67.5 Å². The Kier molecular flexibility index (Phi) is 6.30. The molecule has 3 N–H and O–H groups in total. The zero-order chi connectivity index (χ0) is 23.4. The molecule has 0 saturated heterocycles. The minimum absolute atomic E-state index is 0.179. The molecule has 2 aromatic carbocycles. The lowest BCUT2D eigenvalue weighted by molar-refractivity contribution is -0.126. The molecule has 0 saturated carbocycles. The first-order valence-electron chi connectivity index (χ1n) is 10.4. The van der Waals surface area contributed by atoms with Crippen molar-refractivity contribution >= 4 is 28.4 Å². The zero-order valence-electron chi connectivity index (χ0n) is 18.2. The van der Waals surface area contributed by atoms with Gasteiger partial charge in [-0.25, -0.2) is 19.0 Å². The molecule has 0 atom stereocenters. The topological polar surface area (TPSA) is 102 Å². The molecule has 0 aliphatic carbocycles. The van der Waals surface area contributed by atoms with Crippen LogP contribution < -0.4 is 11.1 Å². The van der Waals surface area contributed by atoms with Crippen molar-refractivity contribution in [1.82, 2.24) is 24.6 Å². The maximum absolute atomic E-state index is 14.0. The molecule has 0 aliphatic heterocycles. The number of hydrogen-bond acceptors (Lipinski definition) is 6. The molecule has 0 fully saturated rings. The predicted octanol–water partition coefficient (Wildman–Crippen LogP) is 3.47. The summed E-state index contributed by atoms with van der Waals surface area (Å²) in [5, 5.41) is 8.12. The highest BCUT2D eigenvalue weighted by molar-refractivity contribution is 5.98. The smallest absolute Gasteiger partial charge is 0.246 e. The Morgan fingerprint density at radius 1 is 1.24 bits per heavy atom. The number of rotatable bonds is 8. The third-order valence-corrected chi connectivity index (χ3v) is 5.35. The number of nitrogens with one attached hydrogen (secondary N) is 1. The average molecular weight is 446 g/mol. The van der Waals surface area contributed by atoms with Gasteiger partial charge in [-0.05, 0) is 29.8 Å². The van der Waals surface area contributed by atoms with Crippen LogP contribution in [0.25, 0.3) is 22.3 Å². The van der Waals surface area contributed by atoms with E-state index in [0.29, 0.717) is 47.6 Å². The SMILES string of the molecule is C=CC(=O)N(CCn1nc(-c2ccc(F)c(NC)c2)c2c(N)ncnc21)Cc1ccccc1. The molecule has 4 aromatic rings. The van der Waals surface area contributed by atoms with Gasteiger partial charge in [0, 0.05) is 25.7 Å². The van der Waals surface area contributed by atoms with Gasteiger partial charge in [0.25, 0.3) is 0 Å². The summed E-state index contributed by atoms with van der Waals surface area (Å²) in [5.41, 5.74) is 9.28. The fraction of sp³-hybridized carbons (Fsp3) is 0.167. The highest BCUT2D eigenvalue weighted by atomic mass is 19.1. The number of nitrogens with two attached hydrogens (primary N) is 1. The van der Waals surface area contributed by atoms with Gasteiger partial charge < -0.3 is 16.0 Å². The normalized spacial score (nSPS) is 10.8. The Morgan fingerprint density at radius 2 is 2.03 bits per heavy atom. The van der Waals surface area contributed by atoms with Crippen LogP contribution in [0.5, 0.6) is 0 Å². The summed E-state index contributed by atoms with van der Waals surface area (Å²) in [6, 6.07) is 14.4. The third-order valence-electron chi connectivity index (χ3n) is 5.35. The third kappa shape index (κ3) is 4.52. The van der Waals surface area contributed by atoms with E-state index in [1.54, 1.807) is 28.8 Å². The van der Waals surface area contributed by atoms with Crippen molar-refractivity contribution in [3.05, 3.63) is 78.9 Å². The lowest BCUT2D eigenvalue weighted by atomic mass is 10.1. The van der Waals surface area contributed by atoms with E-state index in [2.05, 4.69) is 21.9 Å². The molecule has 1 amide bonds. The highest BCUT2D eigenvalue weighted by Crippen LogP contribution is 2.32. The van der Waals surface area contributed by atoms with Gasteiger partial charge in [-0.2, -0.15) is 5.10 Å². The van der Waals surface area contributed by atoms with Gasteiger partial charge in [-0.15, -0.1) is 0 Å². The van der Waals surface area contributed by atoms with E-state index in [1.165, 1.54) is 18.5 Å². The number of fused-ring (bicyclic) bond motifs is 1. The molecule has 0 bridgehead atoms. The summed E-state index contributed by atoms with van der Waals surface area (Å²) in [4.78, 5) is 22.6. The van der Waals surface area contributed by atoms with Crippen LogP contribution in [-0.2, 0) is 17.9 Å². The number of aromatic nitrogens is 4. The number of carbonyl (C=O) groups excluding carboxylic acids is 1. The van der Waals surface area contributed by atoms with Crippen LogP contribution in [-0.4, -0.2) is 44.1 Å². The summed E-state index contributed by atoms with van der Waals surface area (Å²) >= 11 is 0. The van der Waals surface area contributed by atoms with E-state index in [9.17, 15) is 9.18 Å². The number of carbonyl (C=O) groups is 1. The van der Waals surface area contributed by atoms with E-state index in [-0.39, 0.29) is 17.5 Å². The zero-order valence-corrected chi connectivity index (χ0v) is 18.2. The van der Waals surface area contributed by atoms with Crippen LogP contribution >= 0.6 is 0 Å². The molecule has 0 aliphatic rings. The van der Waals surface area contributed by atoms with Crippen molar-refractivity contribution in [2.75, 3.05) is 24.6 Å². The molecule has 0 radical (unpaired) electrons. The maximum atomic E-state index is 14.0. The highest BCUT2D eigenvalue weighted by Gasteiger charge is 2.19. The summed E-state index contributed by atoms with van der Waals surface area (Å²) < 4.78 is 15.7. The van der Waals surface area contributed by atoms with E-state index in [0.717, 1.165) is 5.56 Å². The number of amides is 1. The van der Waals surface area contributed by atoms with Gasteiger partial charge in [0.1, 0.15) is 23.7 Å². The van der Waals surface area contributed by atoms with E-state index < -0.39 is 0 Å². The number of anilines is 2. The van der Waals surface area contributed by atoms with Crippen LogP contribution in [0.3, 0.4) is 0 Å². The van der Waals surface area contributed by atoms with Crippen molar-refractivity contribution in [2.45, 2.75) is 13.1 Å². The van der Waals surface area contributed by atoms with Crippen LogP contribution in [0.2, 0.25) is 0 Å². The summed E-state index contributed by atoms with van der Waals surface area (Å²) in [5.74, 6) is -0.268. The Morgan fingerprint density at radius 3 is 2.76 bits per heavy atom. The van der Waals surface area contributed by atoms with Crippen molar-refractivity contribution in [3.8, 4) is 11.3 Å². The minimum atomic E-state index is -0.367. The van der Waals surface area contributed by atoms with Crippen LogP contribution in [0.1, 0.15) is 5.56 Å². The second kappa shape index (κ2) is 9.47. The Bertz CT molecular complexity index is 1300. The van der Waals surface area contributed by atoms with E-state index in [4.69, 9.17) is 10.8 Å². The standard InChI is InChI=1S/C24H24FN7O/c1-3-20(33)31(14-16-7-5-4-6-8-16)11-12-32-24-21(23(26)28-15-29-24)22(30-32)17-9-10-18(25)19(13-17)27-2/h3-10,13,15,27H,1,11-12,14H2,2H3,(H2,26,28,29). The van der Waals surface area contributed by atoms with Gasteiger partial charge in [-0.3, -0.25) is 4.79 Å². The van der Waals surface area contributed by atoms with Gasteiger partial charge in [0.2, 0.25) is 5.91 Å². The number of nitrogens with zero attached hydrogens (tertiary/aromatic N) is 5. The molecular formula is C24H24FN7O. The first-order chi connectivity index (χ1) is 16.0. The number of benzene rings is 2. The molecule has 4 rings (SSSR count). The first-order valence-corrected chi connectivity index (χ1v) is 10.4. The van der Waals surface area contributed by atoms with Gasteiger partial charge >= 0.3 is 0 Å². The fourth-order valence-corrected chi connectivity index (χ4v) is 3.67. The van der Waals surface area contributed by atoms with Gasteiger partial charge in [0.15, 0.2) is 5.65 Å². The monoisotopic (exact) mass is 445 g/mol. The number of nitrogen functional groups attached to an aromatic ring is 1. The van der Waals surface area contributed by atoms with Crippen molar-refractivity contribution < 1.29 is 9.18 Å². The van der Waals surface area contributed by atoms with Gasteiger partial charge in [-0.1, -0.05) is 36.9 Å². The largest absolute Gasteiger partial charge is 0.386 e. The van der Waals surface area contributed by atoms with Crippen molar-refractivity contribution in [3.63, 3.8) is 0 Å². The van der Waals surface area contributed by atoms with Gasteiger partial charge in [0.05, 0.1) is 17.6 Å². The minimum Gasteiger partial charge on any atom is -0.386 e. The quantitative estimate of drug-likeness (QED) is 0.403. The molecule has 0 unspecified atom stereocenters. The Labute approximate surface area is 190 Å². The molecule has 2 aromatic heterocycles. The van der Waals surface area contributed by atoms with E-state index >= 15 is 0 Å². The van der Waals surface area contributed by atoms with Crippen LogP contribution in [0.4, 0.5) is 15.9 Å². The maximum Gasteiger partial charge on any atom is 0.246 e. The molecule has 9 heteroatoms. The lowest BCUT2D eigenvalue weighted by Gasteiger charge is -2.21. The molecule has 168 valence electrons. The first kappa shape index (κ1) is 21.9. The summed E-state index contributed by atoms with van der Waals surface area (Å²) in [7, 11) is 1.65. The summed E-state index contributed by atoms with van der Waals surface area (Å²) in [6.07, 6.45) is 2.67. The Balaban J connectivity index is 1.69. The molecule has 8 nitrogen and oxygen atoms in total. The lowest BCUT2D eigenvalue weighted by Crippen LogP contribution is -2.32.